The van der Waals surface area contributed by atoms with Crippen LogP contribution in [0.25, 0.3) is 11.0 Å². The number of rotatable bonds is 7. The molecule has 2 aliphatic carbocycles. The molecule has 2 saturated carbocycles. The minimum Gasteiger partial charge on any atom is -0.352 e. The van der Waals surface area contributed by atoms with Gasteiger partial charge in [0.2, 0.25) is 11.8 Å². The van der Waals surface area contributed by atoms with Crippen molar-refractivity contribution in [2.75, 3.05) is 0 Å². The molecule has 1 aromatic heterocycles. The maximum atomic E-state index is 13.0. The van der Waals surface area contributed by atoms with Gasteiger partial charge in [0.05, 0.1) is 16.4 Å². The molecule has 2 aromatic rings. The van der Waals surface area contributed by atoms with Crippen molar-refractivity contribution in [3.8, 4) is 0 Å². The van der Waals surface area contributed by atoms with E-state index in [0.717, 1.165) is 5.56 Å². The summed E-state index contributed by atoms with van der Waals surface area (Å²) < 4.78 is 64.8. The molecule has 2 N–H and O–H groups in total. The van der Waals surface area contributed by atoms with E-state index in [1.807, 2.05) is 0 Å². The number of fused-ring (bicyclic) bond motifs is 1. The van der Waals surface area contributed by atoms with E-state index in [1.165, 1.54) is 0 Å². The number of benzene rings is 1. The minimum atomic E-state index is -4.17. The molecule has 0 atom stereocenters. The fourth-order valence-corrected chi connectivity index (χ4v) is 3.99. The third kappa shape index (κ3) is 4.38. The molecule has 0 aliphatic heterocycles. The average Bonchev–Trinajstić information content (AvgIpc) is 3.30. The Hall–Kier alpha value is -2.19. The van der Waals surface area contributed by atoms with Gasteiger partial charge in [0.15, 0.2) is 0 Å². The molecule has 1 aromatic carbocycles. The van der Waals surface area contributed by atoms with Crippen molar-refractivity contribution in [3.05, 3.63) is 29.6 Å². The van der Waals surface area contributed by atoms with Crippen molar-refractivity contribution in [2.24, 2.45) is 11.3 Å². The number of carbonyl (C=O) groups is 1. The number of amides is 1. The van der Waals surface area contributed by atoms with Crippen molar-refractivity contribution >= 4 is 16.9 Å². The summed E-state index contributed by atoms with van der Waals surface area (Å²) in [5, 5.41) is 2.72. The minimum absolute atomic E-state index is 0.0272. The SMILES string of the molecule is O=C(CC1CC(F)(F)C1)NCc1ccc2nc(CCC3(C(F)(F)F)CC3)[nH]c2c1. The number of aryl methyl sites for hydroxylation is 1. The third-order valence-corrected chi connectivity index (χ3v) is 6.03. The van der Waals surface area contributed by atoms with Gasteiger partial charge in [-0.05, 0) is 42.9 Å². The summed E-state index contributed by atoms with van der Waals surface area (Å²) >= 11 is 0. The molecule has 0 radical (unpaired) electrons. The van der Waals surface area contributed by atoms with Gasteiger partial charge in [0, 0.05) is 32.2 Å². The summed E-state index contributed by atoms with van der Waals surface area (Å²) in [6.07, 6.45) is -3.94. The van der Waals surface area contributed by atoms with E-state index in [2.05, 4.69) is 15.3 Å². The number of carbonyl (C=O) groups excluding carboxylic acids is 1. The summed E-state index contributed by atoms with van der Waals surface area (Å²) in [7, 11) is 0. The zero-order valence-electron chi connectivity index (χ0n) is 15.7. The van der Waals surface area contributed by atoms with Crippen LogP contribution in [0.2, 0.25) is 0 Å². The lowest BCUT2D eigenvalue weighted by Gasteiger charge is -2.34. The number of hydrogen-bond acceptors (Lipinski definition) is 2. The maximum absolute atomic E-state index is 13.0. The van der Waals surface area contributed by atoms with Gasteiger partial charge < -0.3 is 10.3 Å². The smallest absolute Gasteiger partial charge is 0.352 e. The fourth-order valence-electron chi connectivity index (χ4n) is 3.99. The Labute approximate surface area is 164 Å². The Morgan fingerprint density at radius 2 is 1.97 bits per heavy atom. The number of hydrogen-bond donors (Lipinski definition) is 2. The summed E-state index contributed by atoms with van der Waals surface area (Å²) in [6, 6.07) is 5.32. The van der Waals surface area contributed by atoms with Crippen molar-refractivity contribution in [2.45, 2.75) is 63.6 Å². The number of imidazole rings is 1. The molecular weight excluding hydrogens is 393 g/mol. The van der Waals surface area contributed by atoms with Crippen LogP contribution in [0, 0.1) is 11.3 Å². The molecule has 0 spiro atoms. The van der Waals surface area contributed by atoms with E-state index in [-0.39, 0.29) is 63.3 Å². The van der Waals surface area contributed by atoms with Crippen LogP contribution in [-0.4, -0.2) is 28.0 Å². The first kappa shape index (κ1) is 20.1. The van der Waals surface area contributed by atoms with E-state index in [1.54, 1.807) is 18.2 Å². The van der Waals surface area contributed by atoms with Gasteiger partial charge in [-0.15, -0.1) is 0 Å². The first-order valence-corrected chi connectivity index (χ1v) is 9.74. The van der Waals surface area contributed by atoms with Crippen molar-refractivity contribution in [1.29, 1.82) is 0 Å². The zero-order chi connectivity index (χ0) is 20.9. The van der Waals surface area contributed by atoms with Crippen molar-refractivity contribution in [3.63, 3.8) is 0 Å². The number of halogens is 5. The number of H-pyrrole nitrogens is 1. The molecule has 9 heteroatoms. The van der Waals surface area contributed by atoms with Gasteiger partial charge in [-0.25, -0.2) is 13.8 Å². The second-order valence-electron chi connectivity index (χ2n) is 8.42. The Bertz CT molecular complexity index is 908. The highest BCUT2D eigenvalue weighted by Crippen LogP contribution is 2.60. The molecule has 1 heterocycles. The van der Waals surface area contributed by atoms with Crippen LogP contribution in [0.1, 0.15) is 49.9 Å². The summed E-state index contributed by atoms with van der Waals surface area (Å²) in [4.78, 5) is 19.3. The topological polar surface area (TPSA) is 57.8 Å². The molecule has 4 rings (SSSR count). The van der Waals surface area contributed by atoms with Crippen LogP contribution in [0.5, 0.6) is 0 Å². The molecule has 2 aliphatic rings. The fraction of sp³-hybridized carbons (Fsp3) is 0.600. The Morgan fingerprint density at radius 1 is 1.24 bits per heavy atom. The van der Waals surface area contributed by atoms with Crippen LogP contribution in [-0.2, 0) is 17.8 Å². The largest absolute Gasteiger partial charge is 0.394 e. The Balaban J connectivity index is 1.31. The van der Waals surface area contributed by atoms with Gasteiger partial charge in [-0.2, -0.15) is 13.2 Å². The quantitative estimate of drug-likeness (QED) is 0.633. The second-order valence-corrected chi connectivity index (χ2v) is 8.42. The highest BCUT2D eigenvalue weighted by atomic mass is 19.4. The van der Waals surface area contributed by atoms with Crippen LogP contribution in [0.15, 0.2) is 18.2 Å². The molecule has 4 nitrogen and oxygen atoms in total. The van der Waals surface area contributed by atoms with Crippen LogP contribution < -0.4 is 5.32 Å². The third-order valence-electron chi connectivity index (χ3n) is 6.03. The van der Waals surface area contributed by atoms with Gasteiger partial charge in [0.25, 0.3) is 0 Å². The highest BCUT2D eigenvalue weighted by Gasteiger charge is 2.62. The number of aromatic amines is 1. The zero-order valence-corrected chi connectivity index (χ0v) is 15.7. The van der Waals surface area contributed by atoms with Gasteiger partial charge in [-0.1, -0.05) is 6.07 Å². The molecule has 0 unspecified atom stereocenters. The number of aromatic nitrogens is 2. The second kappa shape index (κ2) is 6.95. The molecule has 158 valence electrons. The average molecular weight is 415 g/mol. The molecule has 29 heavy (non-hydrogen) atoms. The van der Waals surface area contributed by atoms with Gasteiger partial charge >= 0.3 is 6.18 Å². The molecule has 0 bridgehead atoms. The molecular formula is C20H22F5N3O. The van der Waals surface area contributed by atoms with E-state index in [9.17, 15) is 26.7 Å². The van der Waals surface area contributed by atoms with E-state index < -0.39 is 17.5 Å². The number of nitrogens with one attached hydrogen (secondary N) is 2. The first-order valence-electron chi connectivity index (χ1n) is 9.74. The van der Waals surface area contributed by atoms with E-state index in [0.29, 0.717) is 16.9 Å². The van der Waals surface area contributed by atoms with Gasteiger partial charge in [-0.3, -0.25) is 4.79 Å². The summed E-state index contributed by atoms with van der Waals surface area (Å²) in [5.74, 6) is -2.65. The maximum Gasteiger partial charge on any atom is 0.394 e. The summed E-state index contributed by atoms with van der Waals surface area (Å²) in [5.41, 5.74) is 0.603. The monoisotopic (exact) mass is 415 g/mol. The lowest BCUT2D eigenvalue weighted by molar-refractivity contribution is -0.188. The lowest BCUT2D eigenvalue weighted by atomic mass is 9.79. The normalized spacial score (nSPS) is 20.4. The van der Waals surface area contributed by atoms with Crippen molar-refractivity contribution in [1.82, 2.24) is 15.3 Å². The van der Waals surface area contributed by atoms with E-state index in [4.69, 9.17) is 0 Å². The van der Waals surface area contributed by atoms with Gasteiger partial charge in [0.1, 0.15) is 5.82 Å². The Kier molecular flexibility index (Phi) is 4.82. The van der Waals surface area contributed by atoms with Crippen LogP contribution >= 0.6 is 0 Å². The standard InChI is InChI=1S/C20H22F5N3O/c21-19(22)9-13(10-19)8-17(29)26-11-12-1-2-14-15(7-12)28-16(27-14)3-4-18(5-6-18)20(23,24)25/h1-2,7,13H,3-6,8-11H2,(H,26,29)(H,27,28). The Morgan fingerprint density at radius 3 is 2.59 bits per heavy atom. The van der Waals surface area contributed by atoms with E-state index >= 15 is 0 Å². The summed E-state index contributed by atoms with van der Waals surface area (Å²) in [6.45, 7) is 0.253. The molecule has 0 saturated heterocycles. The van der Waals surface area contributed by atoms with Crippen LogP contribution in [0.4, 0.5) is 22.0 Å². The lowest BCUT2D eigenvalue weighted by Crippen LogP contribution is -2.38. The predicted octanol–water partition coefficient (Wildman–Crippen LogP) is 4.89. The number of nitrogens with zero attached hydrogens (tertiary/aromatic N) is 1. The first-order chi connectivity index (χ1) is 13.6. The molecule has 2 fully saturated rings. The van der Waals surface area contributed by atoms with Crippen molar-refractivity contribution < 1.29 is 26.7 Å². The predicted molar refractivity (Wildman–Crippen MR) is 96.3 cm³/mol. The highest BCUT2D eigenvalue weighted by molar-refractivity contribution is 5.78. The van der Waals surface area contributed by atoms with Crippen LogP contribution in [0.3, 0.4) is 0 Å². The number of alkyl halides is 5. The molecule has 1 amide bonds.